The number of ketones is 1. The lowest BCUT2D eigenvalue weighted by Crippen LogP contribution is -2.15. The van der Waals surface area contributed by atoms with E-state index in [1.807, 2.05) is 30.5 Å². The first kappa shape index (κ1) is 16.9. The molecular weight excluding hydrogens is 321 g/mol. The van der Waals surface area contributed by atoms with E-state index in [1.54, 1.807) is 6.07 Å². The van der Waals surface area contributed by atoms with Gasteiger partial charge in [0.25, 0.3) is 0 Å². The Morgan fingerprint density at radius 3 is 2.64 bits per heavy atom. The summed E-state index contributed by atoms with van der Waals surface area (Å²) in [5.74, 6) is -1.60. The van der Waals surface area contributed by atoms with Gasteiger partial charge in [-0.3, -0.25) is 9.59 Å². The second-order valence-corrected chi connectivity index (χ2v) is 5.78. The summed E-state index contributed by atoms with van der Waals surface area (Å²) >= 11 is 0. The van der Waals surface area contributed by atoms with Crippen LogP contribution in [-0.4, -0.2) is 23.3 Å². The number of rotatable bonds is 7. The van der Waals surface area contributed by atoms with E-state index >= 15 is 0 Å². The monoisotopic (exact) mass is 339 g/mol. The van der Waals surface area contributed by atoms with Crippen LogP contribution in [0.2, 0.25) is 0 Å². The topological polar surface area (TPSA) is 59.2 Å². The van der Waals surface area contributed by atoms with Crippen molar-refractivity contribution in [2.24, 2.45) is 0 Å². The molecule has 1 N–H and O–H groups in total. The quantitative estimate of drug-likeness (QED) is 0.522. The minimum Gasteiger partial charge on any atom is -0.457 e. The zero-order chi connectivity index (χ0) is 17.6. The van der Waals surface area contributed by atoms with Crippen LogP contribution in [0.1, 0.15) is 28.8 Å². The van der Waals surface area contributed by atoms with Gasteiger partial charge < -0.3 is 9.72 Å². The number of hydrogen-bond donors (Lipinski definition) is 1. The van der Waals surface area contributed by atoms with E-state index < -0.39 is 24.2 Å². The van der Waals surface area contributed by atoms with E-state index in [9.17, 15) is 14.0 Å². The molecule has 0 bridgehead atoms. The first-order chi connectivity index (χ1) is 12.1. The van der Waals surface area contributed by atoms with Gasteiger partial charge in [0, 0.05) is 23.5 Å². The molecule has 1 aromatic heterocycles. The van der Waals surface area contributed by atoms with Crippen molar-refractivity contribution in [2.45, 2.75) is 19.3 Å². The van der Waals surface area contributed by atoms with Crippen LogP contribution in [0.25, 0.3) is 10.9 Å². The Labute approximate surface area is 144 Å². The Kier molecular flexibility index (Phi) is 5.23. The molecule has 25 heavy (non-hydrogen) atoms. The number of hydrogen-bond acceptors (Lipinski definition) is 3. The summed E-state index contributed by atoms with van der Waals surface area (Å²) < 4.78 is 18.4. The zero-order valence-corrected chi connectivity index (χ0v) is 13.6. The molecule has 0 aliphatic heterocycles. The third-order valence-corrected chi connectivity index (χ3v) is 4.04. The van der Waals surface area contributed by atoms with Crippen molar-refractivity contribution in [3.8, 4) is 0 Å². The second kappa shape index (κ2) is 7.75. The van der Waals surface area contributed by atoms with E-state index in [1.165, 1.54) is 18.2 Å². The first-order valence-corrected chi connectivity index (χ1v) is 8.13. The number of benzene rings is 2. The van der Waals surface area contributed by atoms with E-state index in [0.717, 1.165) is 22.9 Å². The number of esters is 1. The summed E-state index contributed by atoms with van der Waals surface area (Å²) in [6.45, 7) is -0.438. The highest BCUT2D eigenvalue weighted by Gasteiger charge is 2.13. The highest BCUT2D eigenvalue weighted by atomic mass is 19.1. The number of aromatic nitrogens is 1. The van der Waals surface area contributed by atoms with Crippen molar-refractivity contribution in [3.63, 3.8) is 0 Å². The van der Waals surface area contributed by atoms with Gasteiger partial charge in [-0.05, 0) is 36.6 Å². The lowest BCUT2D eigenvalue weighted by molar-refractivity contribution is -0.142. The molecule has 3 rings (SSSR count). The predicted octanol–water partition coefficient (Wildman–Crippen LogP) is 4.06. The van der Waals surface area contributed by atoms with Crippen LogP contribution >= 0.6 is 0 Å². The molecule has 0 aliphatic carbocycles. The summed E-state index contributed by atoms with van der Waals surface area (Å²) in [6.07, 6.45) is 3.51. The fraction of sp³-hybridized carbons (Fsp3) is 0.200. The molecule has 0 unspecified atom stereocenters. The molecule has 5 heteroatoms. The van der Waals surface area contributed by atoms with Gasteiger partial charge in [0.2, 0.25) is 5.78 Å². The van der Waals surface area contributed by atoms with Crippen molar-refractivity contribution in [1.29, 1.82) is 0 Å². The summed E-state index contributed by atoms with van der Waals surface area (Å²) in [5.41, 5.74) is 2.15. The predicted molar refractivity (Wildman–Crippen MR) is 92.9 cm³/mol. The van der Waals surface area contributed by atoms with Crippen LogP contribution in [-0.2, 0) is 16.0 Å². The third kappa shape index (κ3) is 4.12. The molecule has 0 fully saturated rings. The van der Waals surface area contributed by atoms with Crippen LogP contribution < -0.4 is 0 Å². The number of carbonyl (C=O) groups excluding carboxylic acids is 2. The fourth-order valence-corrected chi connectivity index (χ4v) is 2.74. The molecule has 0 saturated heterocycles. The molecule has 0 amide bonds. The lowest BCUT2D eigenvalue weighted by atomic mass is 10.1. The summed E-state index contributed by atoms with van der Waals surface area (Å²) in [5, 5.41) is 1.14. The average molecular weight is 339 g/mol. The van der Waals surface area contributed by atoms with Gasteiger partial charge in [-0.1, -0.05) is 30.3 Å². The number of halogens is 1. The summed E-state index contributed by atoms with van der Waals surface area (Å²) in [7, 11) is 0. The minimum atomic E-state index is -0.608. The Balaban J connectivity index is 1.45. The molecular formula is C20H18FNO3. The normalized spacial score (nSPS) is 10.8. The maximum Gasteiger partial charge on any atom is 0.306 e. The highest BCUT2D eigenvalue weighted by molar-refractivity contribution is 5.98. The van der Waals surface area contributed by atoms with E-state index in [-0.39, 0.29) is 12.0 Å². The number of fused-ring (bicyclic) bond motifs is 1. The average Bonchev–Trinajstić information content (AvgIpc) is 3.03. The summed E-state index contributed by atoms with van der Waals surface area (Å²) in [6, 6.07) is 13.6. The van der Waals surface area contributed by atoms with Gasteiger partial charge >= 0.3 is 5.97 Å². The Hall–Kier alpha value is -2.95. The van der Waals surface area contributed by atoms with Crippen LogP contribution in [0, 0.1) is 5.82 Å². The number of H-pyrrole nitrogens is 1. The van der Waals surface area contributed by atoms with Crippen molar-refractivity contribution >= 4 is 22.7 Å². The van der Waals surface area contributed by atoms with Crippen molar-refractivity contribution in [3.05, 3.63) is 71.7 Å². The minimum absolute atomic E-state index is 0.0610. The maximum atomic E-state index is 13.5. The van der Waals surface area contributed by atoms with Crippen LogP contribution in [0.5, 0.6) is 0 Å². The third-order valence-electron chi connectivity index (χ3n) is 4.04. The molecule has 128 valence electrons. The number of para-hydroxylation sites is 1. The lowest BCUT2D eigenvalue weighted by Gasteiger charge is -2.05. The molecule has 3 aromatic rings. The van der Waals surface area contributed by atoms with E-state index in [0.29, 0.717) is 6.42 Å². The number of aryl methyl sites for hydroxylation is 1. The second-order valence-electron chi connectivity index (χ2n) is 5.78. The largest absolute Gasteiger partial charge is 0.457 e. The SMILES string of the molecule is O=C(CCCc1c[nH]c2ccccc12)OCC(=O)c1ccccc1F. The Morgan fingerprint density at radius 1 is 1.04 bits per heavy atom. The van der Waals surface area contributed by atoms with Gasteiger partial charge in [-0.2, -0.15) is 0 Å². The molecule has 0 radical (unpaired) electrons. The molecule has 0 atom stereocenters. The van der Waals surface area contributed by atoms with Gasteiger partial charge in [0.15, 0.2) is 6.61 Å². The van der Waals surface area contributed by atoms with E-state index in [2.05, 4.69) is 4.98 Å². The Bertz CT molecular complexity index is 901. The molecule has 4 nitrogen and oxygen atoms in total. The van der Waals surface area contributed by atoms with Gasteiger partial charge in [-0.15, -0.1) is 0 Å². The molecule has 2 aromatic carbocycles. The molecule has 0 spiro atoms. The highest BCUT2D eigenvalue weighted by Crippen LogP contribution is 2.19. The molecule has 1 heterocycles. The van der Waals surface area contributed by atoms with Gasteiger partial charge in [0.1, 0.15) is 5.82 Å². The van der Waals surface area contributed by atoms with Gasteiger partial charge in [0.05, 0.1) is 5.56 Å². The zero-order valence-electron chi connectivity index (χ0n) is 13.6. The number of carbonyl (C=O) groups is 2. The fourth-order valence-electron chi connectivity index (χ4n) is 2.74. The van der Waals surface area contributed by atoms with Crippen LogP contribution in [0.4, 0.5) is 4.39 Å². The van der Waals surface area contributed by atoms with Crippen molar-refractivity contribution in [2.75, 3.05) is 6.61 Å². The molecule has 0 saturated carbocycles. The number of ether oxygens (including phenoxy) is 1. The Morgan fingerprint density at radius 2 is 1.80 bits per heavy atom. The van der Waals surface area contributed by atoms with Crippen LogP contribution in [0.3, 0.4) is 0 Å². The molecule has 0 aliphatic rings. The van der Waals surface area contributed by atoms with Gasteiger partial charge in [-0.25, -0.2) is 4.39 Å². The van der Waals surface area contributed by atoms with Crippen molar-refractivity contribution < 1.29 is 18.7 Å². The number of nitrogens with one attached hydrogen (secondary N) is 1. The smallest absolute Gasteiger partial charge is 0.306 e. The summed E-state index contributed by atoms with van der Waals surface area (Å²) in [4.78, 5) is 26.8. The number of aromatic amines is 1. The maximum absolute atomic E-state index is 13.5. The van der Waals surface area contributed by atoms with Crippen molar-refractivity contribution in [1.82, 2.24) is 4.98 Å². The first-order valence-electron chi connectivity index (χ1n) is 8.13. The van der Waals surface area contributed by atoms with Crippen LogP contribution in [0.15, 0.2) is 54.7 Å². The standard InChI is InChI=1S/C20H18FNO3/c21-17-9-3-1-8-16(17)19(23)13-25-20(24)11-5-6-14-12-22-18-10-4-2-7-15(14)18/h1-4,7-10,12,22H,5-6,11,13H2. The number of Topliss-reactive ketones (excluding diaryl/α,β-unsaturated/α-hetero) is 1. The van der Waals surface area contributed by atoms with E-state index in [4.69, 9.17) is 4.74 Å².